The van der Waals surface area contributed by atoms with Crippen LogP contribution in [-0.2, 0) is 4.79 Å². The van der Waals surface area contributed by atoms with Gasteiger partial charge in [-0.05, 0) is 0 Å². The molecule has 1 unspecified atom stereocenters. The molecule has 1 saturated heterocycles. The van der Waals surface area contributed by atoms with E-state index >= 15 is 0 Å². The van der Waals surface area contributed by atoms with Gasteiger partial charge in [0, 0.05) is 23.9 Å². The summed E-state index contributed by atoms with van der Waals surface area (Å²) in [6.07, 6.45) is 0.119. The topological polar surface area (TPSA) is 63.5 Å². The molecule has 1 aliphatic rings. The third-order valence-electron chi connectivity index (χ3n) is 2.55. The van der Waals surface area contributed by atoms with Crippen molar-refractivity contribution in [3.63, 3.8) is 0 Å². The zero-order valence-electron chi connectivity index (χ0n) is 8.90. The molecule has 5 nitrogen and oxygen atoms in total. The van der Waals surface area contributed by atoms with Gasteiger partial charge in [-0.15, -0.1) is 0 Å². The zero-order valence-corrected chi connectivity index (χ0v) is 10.5. The molecule has 1 atom stereocenters. The van der Waals surface area contributed by atoms with E-state index in [-0.39, 0.29) is 17.8 Å². The molecule has 0 aliphatic carbocycles. The number of amides is 1. The lowest BCUT2D eigenvalue weighted by Gasteiger charge is -2.16. The first-order valence-electron chi connectivity index (χ1n) is 4.98. The number of alkyl halides is 1. The molecule has 18 heavy (non-hydrogen) atoms. The van der Waals surface area contributed by atoms with Crippen LogP contribution in [0.2, 0.25) is 0 Å². The lowest BCUT2D eigenvalue weighted by molar-refractivity contribution is -0.384. The minimum absolute atomic E-state index is 0.113. The molecule has 0 aromatic heterocycles. The highest BCUT2D eigenvalue weighted by molar-refractivity contribution is 9.09. The first-order chi connectivity index (χ1) is 8.40. The van der Waals surface area contributed by atoms with Crippen LogP contribution in [0.25, 0.3) is 0 Å². The van der Waals surface area contributed by atoms with Gasteiger partial charge in [-0.3, -0.25) is 14.9 Å². The Kier molecular flexibility index (Phi) is 3.29. The average Bonchev–Trinajstić information content (AvgIpc) is 2.56. The third-order valence-corrected chi connectivity index (χ3v) is 3.17. The monoisotopic (exact) mass is 320 g/mol. The van der Waals surface area contributed by atoms with Crippen LogP contribution >= 0.6 is 15.9 Å². The number of anilines is 1. The van der Waals surface area contributed by atoms with Crippen molar-refractivity contribution in [1.29, 1.82) is 0 Å². The molecule has 1 amide bonds. The predicted octanol–water partition coefficient (Wildman–Crippen LogP) is 2.37. The molecule has 0 bridgehead atoms. The summed E-state index contributed by atoms with van der Waals surface area (Å²) in [7, 11) is 0. The molecule has 2 rings (SSSR count). The van der Waals surface area contributed by atoms with Crippen molar-refractivity contribution in [3.8, 4) is 0 Å². The second-order valence-corrected chi connectivity index (χ2v) is 5.11. The maximum absolute atomic E-state index is 13.7. The van der Waals surface area contributed by atoms with Gasteiger partial charge in [-0.1, -0.05) is 15.9 Å². The van der Waals surface area contributed by atoms with Crippen molar-refractivity contribution >= 4 is 33.2 Å². The number of hydrogen-bond acceptors (Lipinski definition) is 3. The van der Waals surface area contributed by atoms with E-state index in [9.17, 15) is 23.7 Å². The van der Waals surface area contributed by atoms with Crippen molar-refractivity contribution < 1.29 is 18.5 Å². The summed E-state index contributed by atoms with van der Waals surface area (Å²) in [5.74, 6) is -2.60. The highest BCUT2D eigenvalue weighted by Gasteiger charge is 2.35. The summed E-state index contributed by atoms with van der Waals surface area (Å²) in [6.45, 7) is 0.113. The van der Waals surface area contributed by atoms with Gasteiger partial charge in [0.05, 0.1) is 11.0 Å². The SMILES string of the molecule is O=C1CC(Br)CN1c1c(F)cc(F)cc1[N+](=O)[O-]. The van der Waals surface area contributed by atoms with E-state index < -0.39 is 33.8 Å². The van der Waals surface area contributed by atoms with E-state index in [0.717, 1.165) is 4.90 Å². The lowest BCUT2D eigenvalue weighted by atomic mass is 10.2. The molecule has 0 spiro atoms. The number of hydrogen-bond donors (Lipinski definition) is 0. The van der Waals surface area contributed by atoms with E-state index in [1.54, 1.807) is 0 Å². The molecule has 1 aromatic rings. The van der Waals surface area contributed by atoms with E-state index in [1.165, 1.54) is 0 Å². The molecular weight excluding hydrogens is 314 g/mol. The molecule has 1 heterocycles. The quantitative estimate of drug-likeness (QED) is 0.477. The number of benzene rings is 1. The van der Waals surface area contributed by atoms with Gasteiger partial charge in [0.25, 0.3) is 5.69 Å². The summed E-state index contributed by atoms with van der Waals surface area (Å²) in [6, 6.07) is 1.13. The Hall–Kier alpha value is -1.57. The first-order valence-corrected chi connectivity index (χ1v) is 5.89. The highest BCUT2D eigenvalue weighted by atomic mass is 79.9. The summed E-state index contributed by atoms with van der Waals surface area (Å²) in [4.78, 5) is 22.3. The van der Waals surface area contributed by atoms with Crippen LogP contribution in [0, 0.1) is 21.7 Å². The fourth-order valence-electron chi connectivity index (χ4n) is 1.84. The number of carbonyl (C=O) groups is 1. The molecule has 0 N–H and O–H groups in total. The van der Waals surface area contributed by atoms with Crippen LogP contribution in [0.5, 0.6) is 0 Å². The summed E-state index contributed by atoms with van der Waals surface area (Å²) in [5, 5.41) is 10.8. The molecule has 0 saturated carbocycles. The van der Waals surface area contributed by atoms with Gasteiger partial charge < -0.3 is 4.90 Å². The number of halogens is 3. The Bertz CT molecular complexity index is 538. The maximum atomic E-state index is 13.7. The number of nitro benzene ring substituents is 1. The number of nitrogens with zero attached hydrogens (tertiary/aromatic N) is 2. The van der Waals surface area contributed by atoms with Crippen LogP contribution < -0.4 is 4.90 Å². The van der Waals surface area contributed by atoms with Crippen LogP contribution in [0.3, 0.4) is 0 Å². The van der Waals surface area contributed by atoms with Crippen molar-refractivity contribution in [2.75, 3.05) is 11.4 Å². The largest absolute Gasteiger partial charge is 0.303 e. The van der Waals surface area contributed by atoms with E-state index in [1.807, 2.05) is 0 Å². The van der Waals surface area contributed by atoms with Gasteiger partial charge in [-0.2, -0.15) is 0 Å². The fraction of sp³-hybridized carbons (Fsp3) is 0.300. The minimum atomic E-state index is -1.11. The average molecular weight is 321 g/mol. The minimum Gasteiger partial charge on any atom is -0.303 e. The molecular formula is C10H7BrF2N2O3. The highest BCUT2D eigenvalue weighted by Crippen LogP contribution is 2.35. The predicted molar refractivity (Wildman–Crippen MR) is 62.7 cm³/mol. The Morgan fingerprint density at radius 1 is 1.44 bits per heavy atom. The molecule has 1 aromatic carbocycles. The van der Waals surface area contributed by atoms with Crippen LogP contribution in [-0.4, -0.2) is 22.2 Å². The number of rotatable bonds is 2. The Balaban J connectivity index is 2.56. The van der Waals surface area contributed by atoms with Gasteiger partial charge in [0.1, 0.15) is 5.82 Å². The number of carbonyl (C=O) groups excluding carboxylic acids is 1. The first kappa shape index (κ1) is 12.9. The summed E-state index contributed by atoms with van der Waals surface area (Å²) < 4.78 is 26.6. The number of nitro groups is 1. The van der Waals surface area contributed by atoms with Crippen molar-refractivity contribution in [2.24, 2.45) is 0 Å². The third kappa shape index (κ3) is 2.20. The summed E-state index contributed by atoms with van der Waals surface area (Å²) in [5.41, 5.74) is -1.23. The smallest absolute Gasteiger partial charge is 0.298 e. The van der Waals surface area contributed by atoms with Crippen molar-refractivity contribution in [2.45, 2.75) is 11.2 Å². The van der Waals surface area contributed by atoms with E-state index in [4.69, 9.17) is 0 Å². The molecule has 96 valence electrons. The van der Waals surface area contributed by atoms with Crippen molar-refractivity contribution in [3.05, 3.63) is 33.9 Å². The fourth-order valence-corrected chi connectivity index (χ4v) is 2.41. The lowest BCUT2D eigenvalue weighted by Crippen LogP contribution is -2.26. The standard InChI is InChI=1S/C10H7BrF2N2O3/c11-5-1-9(16)14(4-5)10-7(13)2-6(12)3-8(10)15(17)18/h2-3,5H,1,4H2. The molecule has 1 fully saturated rings. The van der Waals surface area contributed by atoms with Crippen LogP contribution in [0.15, 0.2) is 12.1 Å². The molecule has 0 radical (unpaired) electrons. The van der Waals surface area contributed by atoms with E-state index in [0.29, 0.717) is 12.1 Å². The second kappa shape index (κ2) is 4.60. The van der Waals surface area contributed by atoms with Crippen LogP contribution in [0.4, 0.5) is 20.2 Å². The maximum Gasteiger partial charge on any atom is 0.298 e. The van der Waals surface area contributed by atoms with Gasteiger partial charge >= 0.3 is 0 Å². The molecule has 1 aliphatic heterocycles. The van der Waals surface area contributed by atoms with Crippen molar-refractivity contribution in [1.82, 2.24) is 0 Å². The van der Waals surface area contributed by atoms with Crippen LogP contribution in [0.1, 0.15) is 6.42 Å². The van der Waals surface area contributed by atoms with Gasteiger partial charge in [-0.25, -0.2) is 8.78 Å². The second-order valence-electron chi connectivity index (χ2n) is 3.82. The van der Waals surface area contributed by atoms with E-state index in [2.05, 4.69) is 15.9 Å². The normalized spacial score (nSPS) is 19.4. The van der Waals surface area contributed by atoms with Gasteiger partial charge in [0.15, 0.2) is 11.5 Å². The van der Waals surface area contributed by atoms with Gasteiger partial charge in [0.2, 0.25) is 5.91 Å². The Morgan fingerprint density at radius 2 is 2.11 bits per heavy atom. The summed E-state index contributed by atoms with van der Waals surface area (Å²) >= 11 is 3.19. The zero-order chi connectivity index (χ0) is 13.4. The molecule has 8 heteroatoms. The Morgan fingerprint density at radius 3 is 2.61 bits per heavy atom. The Labute approximate surface area is 109 Å².